The molecule has 0 amide bonds. The number of hydrogen-bond donors (Lipinski definition) is 0. The van der Waals surface area contributed by atoms with Crippen LogP contribution in [0.25, 0.3) is 0 Å². The monoisotopic (exact) mass is 176 g/mol. The van der Waals surface area contributed by atoms with E-state index in [2.05, 4.69) is 6.58 Å². The quantitative estimate of drug-likeness (QED) is 0.688. The Bertz CT molecular complexity index is 292. The maximum Gasteiger partial charge on any atom is 0.158 e. The Labute approximate surface area is 77.8 Å². The molecule has 1 heterocycles. The van der Waals surface area contributed by atoms with Crippen molar-refractivity contribution in [3.63, 3.8) is 0 Å². The molecule has 0 radical (unpaired) electrons. The molecule has 68 valence electrons. The lowest BCUT2D eigenvalue weighted by Crippen LogP contribution is -2.13. The highest BCUT2D eigenvalue weighted by atomic mass is 16.5. The van der Waals surface area contributed by atoms with Crippen LogP contribution in [0.4, 0.5) is 0 Å². The lowest BCUT2D eigenvalue weighted by atomic mass is 10.2. The van der Waals surface area contributed by atoms with Gasteiger partial charge in [0, 0.05) is 6.42 Å². The van der Waals surface area contributed by atoms with Gasteiger partial charge in [-0.25, -0.2) is 0 Å². The second-order valence-electron chi connectivity index (χ2n) is 3.02. The van der Waals surface area contributed by atoms with Crippen LogP contribution in [0, 0.1) is 0 Å². The number of benzene rings is 1. The molecule has 2 nitrogen and oxygen atoms in total. The molecule has 1 aromatic rings. The van der Waals surface area contributed by atoms with Crippen LogP contribution < -0.4 is 4.74 Å². The van der Waals surface area contributed by atoms with E-state index in [4.69, 9.17) is 9.47 Å². The first-order valence-electron chi connectivity index (χ1n) is 4.39. The van der Waals surface area contributed by atoms with Crippen LogP contribution in [0.5, 0.6) is 5.75 Å². The Hall–Kier alpha value is -1.44. The van der Waals surface area contributed by atoms with Crippen molar-refractivity contribution in [3.8, 4) is 5.75 Å². The predicted octanol–water partition coefficient (Wildman–Crippen LogP) is 2.37. The fraction of sp³-hybridized carbons (Fsp3) is 0.273. The Kier molecular flexibility index (Phi) is 2.21. The minimum atomic E-state index is 0.0300. The first kappa shape index (κ1) is 8.17. The van der Waals surface area contributed by atoms with Gasteiger partial charge in [0.15, 0.2) is 6.10 Å². The van der Waals surface area contributed by atoms with Crippen LogP contribution in [0.3, 0.4) is 0 Å². The van der Waals surface area contributed by atoms with Gasteiger partial charge in [0.2, 0.25) is 0 Å². The minimum absolute atomic E-state index is 0.0300. The molecule has 2 rings (SSSR count). The summed E-state index contributed by atoms with van der Waals surface area (Å²) in [6.07, 6.45) is 0.927. The maximum atomic E-state index is 5.66. The molecule has 0 aromatic heterocycles. The van der Waals surface area contributed by atoms with Crippen molar-refractivity contribution in [1.29, 1.82) is 0 Å². The van der Waals surface area contributed by atoms with Gasteiger partial charge in [-0.2, -0.15) is 0 Å². The molecule has 0 spiro atoms. The zero-order valence-corrected chi connectivity index (χ0v) is 7.40. The second kappa shape index (κ2) is 3.52. The molecule has 1 aliphatic rings. The summed E-state index contributed by atoms with van der Waals surface area (Å²) in [7, 11) is 0. The number of para-hydroxylation sites is 1. The number of hydrogen-bond acceptors (Lipinski definition) is 2. The molecule has 1 fully saturated rings. The summed E-state index contributed by atoms with van der Waals surface area (Å²) in [6, 6.07) is 9.74. The average molecular weight is 176 g/mol. The standard InChI is InChI=1S/C11H12O2/c1-9-11(7-8-12-9)13-10-5-3-2-4-6-10/h2-6,11H,1,7-8H2. The fourth-order valence-corrected chi connectivity index (χ4v) is 1.34. The number of ether oxygens (including phenoxy) is 2. The maximum absolute atomic E-state index is 5.66. The van der Waals surface area contributed by atoms with E-state index in [0.29, 0.717) is 0 Å². The summed E-state index contributed by atoms with van der Waals surface area (Å²) in [5.41, 5.74) is 0. The highest BCUT2D eigenvalue weighted by Crippen LogP contribution is 2.21. The Morgan fingerprint density at radius 3 is 2.69 bits per heavy atom. The number of rotatable bonds is 2. The third-order valence-corrected chi connectivity index (χ3v) is 2.05. The average Bonchev–Trinajstić information content (AvgIpc) is 2.54. The molecule has 0 aliphatic carbocycles. The summed E-state index contributed by atoms with van der Waals surface area (Å²) in [4.78, 5) is 0. The van der Waals surface area contributed by atoms with Crippen molar-refractivity contribution >= 4 is 0 Å². The Balaban J connectivity index is 2.02. The first-order chi connectivity index (χ1) is 6.36. The second-order valence-corrected chi connectivity index (χ2v) is 3.02. The van der Waals surface area contributed by atoms with E-state index >= 15 is 0 Å². The fourth-order valence-electron chi connectivity index (χ4n) is 1.34. The van der Waals surface area contributed by atoms with Gasteiger partial charge in [0.25, 0.3) is 0 Å². The smallest absolute Gasteiger partial charge is 0.158 e. The summed E-state index contributed by atoms with van der Waals surface area (Å²) in [5.74, 6) is 1.61. The van der Waals surface area contributed by atoms with E-state index in [0.717, 1.165) is 24.5 Å². The molecule has 13 heavy (non-hydrogen) atoms. The molecular formula is C11H12O2. The summed E-state index contributed by atoms with van der Waals surface area (Å²) >= 11 is 0. The molecule has 0 saturated carbocycles. The first-order valence-corrected chi connectivity index (χ1v) is 4.39. The molecular weight excluding hydrogens is 164 g/mol. The Morgan fingerprint density at radius 2 is 2.08 bits per heavy atom. The van der Waals surface area contributed by atoms with Gasteiger partial charge in [-0.15, -0.1) is 0 Å². The molecule has 1 unspecified atom stereocenters. The lowest BCUT2D eigenvalue weighted by Gasteiger charge is -2.11. The van der Waals surface area contributed by atoms with Crippen molar-refractivity contribution < 1.29 is 9.47 Å². The lowest BCUT2D eigenvalue weighted by molar-refractivity contribution is 0.212. The van der Waals surface area contributed by atoms with Crippen molar-refractivity contribution in [2.45, 2.75) is 12.5 Å². The van der Waals surface area contributed by atoms with Crippen LogP contribution in [-0.4, -0.2) is 12.7 Å². The van der Waals surface area contributed by atoms with E-state index in [-0.39, 0.29) is 6.10 Å². The topological polar surface area (TPSA) is 18.5 Å². The molecule has 2 heteroatoms. The third-order valence-electron chi connectivity index (χ3n) is 2.05. The zero-order valence-electron chi connectivity index (χ0n) is 7.40. The van der Waals surface area contributed by atoms with Crippen molar-refractivity contribution in [2.75, 3.05) is 6.61 Å². The van der Waals surface area contributed by atoms with Gasteiger partial charge >= 0.3 is 0 Å². The van der Waals surface area contributed by atoms with Crippen molar-refractivity contribution in [3.05, 3.63) is 42.7 Å². The molecule has 1 aromatic carbocycles. The van der Waals surface area contributed by atoms with Gasteiger partial charge in [0.1, 0.15) is 11.5 Å². The predicted molar refractivity (Wildman–Crippen MR) is 50.6 cm³/mol. The van der Waals surface area contributed by atoms with E-state index in [9.17, 15) is 0 Å². The minimum Gasteiger partial charge on any atom is -0.494 e. The van der Waals surface area contributed by atoms with Gasteiger partial charge in [0.05, 0.1) is 6.61 Å². The van der Waals surface area contributed by atoms with Crippen LogP contribution in [0.15, 0.2) is 42.7 Å². The van der Waals surface area contributed by atoms with Crippen LogP contribution >= 0.6 is 0 Å². The van der Waals surface area contributed by atoms with E-state index in [1.807, 2.05) is 30.3 Å². The Morgan fingerprint density at radius 1 is 1.31 bits per heavy atom. The molecule has 1 atom stereocenters. The van der Waals surface area contributed by atoms with Gasteiger partial charge < -0.3 is 9.47 Å². The van der Waals surface area contributed by atoms with Crippen LogP contribution in [0.1, 0.15) is 6.42 Å². The molecule has 1 aliphatic heterocycles. The molecule has 0 N–H and O–H groups in total. The van der Waals surface area contributed by atoms with Crippen molar-refractivity contribution in [2.24, 2.45) is 0 Å². The third kappa shape index (κ3) is 1.83. The molecule has 0 bridgehead atoms. The van der Waals surface area contributed by atoms with E-state index < -0.39 is 0 Å². The van der Waals surface area contributed by atoms with Crippen molar-refractivity contribution in [1.82, 2.24) is 0 Å². The van der Waals surface area contributed by atoms with Crippen LogP contribution in [-0.2, 0) is 4.74 Å². The van der Waals surface area contributed by atoms with Gasteiger partial charge in [-0.05, 0) is 12.1 Å². The summed E-state index contributed by atoms with van der Waals surface area (Å²) in [6.45, 7) is 4.50. The van der Waals surface area contributed by atoms with Gasteiger partial charge in [-0.1, -0.05) is 24.8 Å². The summed E-state index contributed by atoms with van der Waals surface area (Å²) in [5, 5.41) is 0. The highest BCUT2D eigenvalue weighted by molar-refractivity contribution is 5.22. The van der Waals surface area contributed by atoms with E-state index in [1.165, 1.54) is 0 Å². The van der Waals surface area contributed by atoms with E-state index in [1.54, 1.807) is 0 Å². The zero-order chi connectivity index (χ0) is 9.10. The van der Waals surface area contributed by atoms with Crippen LogP contribution in [0.2, 0.25) is 0 Å². The summed E-state index contributed by atoms with van der Waals surface area (Å²) < 4.78 is 10.9. The normalized spacial score (nSPS) is 21.2. The SMILES string of the molecule is C=C1OCCC1Oc1ccccc1. The van der Waals surface area contributed by atoms with Gasteiger partial charge in [-0.3, -0.25) is 0 Å². The molecule has 1 saturated heterocycles. The largest absolute Gasteiger partial charge is 0.494 e. The highest BCUT2D eigenvalue weighted by Gasteiger charge is 2.22.